The molecule has 4 atom stereocenters. The van der Waals surface area contributed by atoms with Crippen molar-refractivity contribution in [1.29, 1.82) is 0 Å². The van der Waals surface area contributed by atoms with Crippen LogP contribution in [0, 0.1) is 11.8 Å². The monoisotopic (exact) mass is 342 g/mol. The Labute approximate surface area is 148 Å². The van der Waals surface area contributed by atoms with Gasteiger partial charge in [0.15, 0.2) is 0 Å². The molecule has 2 aromatic rings. The van der Waals surface area contributed by atoms with Crippen LogP contribution in [0.1, 0.15) is 25.5 Å². The predicted octanol–water partition coefficient (Wildman–Crippen LogP) is 1.23. The highest BCUT2D eigenvalue weighted by molar-refractivity contribution is 5.69. The maximum Gasteiger partial charge on any atom is 0.200 e. The van der Waals surface area contributed by atoms with Crippen LogP contribution in [-0.4, -0.2) is 70.1 Å². The molecule has 7 heteroatoms. The molecule has 2 bridgehead atoms. The summed E-state index contributed by atoms with van der Waals surface area (Å²) in [4.78, 5) is 4.78. The largest absolute Gasteiger partial charge is 0.369 e. The zero-order valence-electron chi connectivity index (χ0n) is 15.2. The Kier molecular flexibility index (Phi) is 3.34. The average molecular weight is 342 g/mol. The third-order valence-corrected chi connectivity index (χ3v) is 6.36. The number of hydrogen-bond donors (Lipinski definition) is 0. The van der Waals surface area contributed by atoms with Gasteiger partial charge >= 0.3 is 0 Å². The van der Waals surface area contributed by atoms with E-state index in [1.807, 2.05) is 4.52 Å². The molecule has 0 aromatic carbocycles. The number of aromatic nitrogens is 4. The Morgan fingerprint density at radius 3 is 3.08 bits per heavy atom. The highest BCUT2D eigenvalue weighted by atomic mass is 16.5. The molecule has 5 rings (SSSR count). The fourth-order valence-corrected chi connectivity index (χ4v) is 5.31. The van der Waals surface area contributed by atoms with Gasteiger partial charge in [-0.25, -0.2) is 0 Å². The first kappa shape index (κ1) is 15.5. The van der Waals surface area contributed by atoms with Crippen LogP contribution in [-0.2, 0) is 11.2 Å². The van der Waals surface area contributed by atoms with E-state index in [1.165, 1.54) is 12.8 Å². The van der Waals surface area contributed by atoms with E-state index in [0.29, 0.717) is 17.9 Å². The number of nitrogens with zero attached hydrogens (tertiary/aromatic N) is 6. The van der Waals surface area contributed by atoms with Gasteiger partial charge in [-0.3, -0.25) is 0 Å². The van der Waals surface area contributed by atoms with E-state index in [0.717, 1.165) is 43.1 Å². The van der Waals surface area contributed by atoms with Crippen molar-refractivity contribution >= 4 is 11.3 Å². The Balaban J connectivity index is 1.51. The lowest BCUT2D eigenvalue weighted by atomic mass is 9.73. The number of fused-ring (bicyclic) bond motifs is 2. The first-order valence-corrected chi connectivity index (χ1v) is 9.37. The molecule has 0 aliphatic carbocycles. The van der Waals surface area contributed by atoms with Gasteiger partial charge in [0.1, 0.15) is 6.33 Å². The summed E-state index contributed by atoms with van der Waals surface area (Å²) in [5.74, 6) is 1.24. The van der Waals surface area contributed by atoms with Crippen LogP contribution < -0.4 is 4.90 Å². The second-order valence-corrected chi connectivity index (χ2v) is 8.15. The van der Waals surface area contributed by atoms with E-state index in [2.05, 4.69) is 52.2 Å². The van der Waals surface area contributed by atoms with Crippen molar-refractivity contribution in [3.05, 3.63) is 18.1 Å². The van der Waals surface area contributed by atoms with Crippen molar-refractivity contribution < 1.29 is 4.74 Å². The van der Waals surface area contributed by atoms with Crippen LogP contribution >= 0.6 is 0 Å². The molecule has 0 amide bonds. The molecule has 5 heterocycles. The van der Waals surface area contributed by atoms with Crippen molar-refractivity contribution in [2.45, 2.75) is 37.9 Å². The topological polar surface area (TPSA) is 58.8 Å². The van der Waals surface area contributed by atoms with Gasteiger partial charge in [-0.1, -0.05) is 6.92 Å². The summed E-state index contributed by atoms with van der Waals surface area (Å²) >= 11 is 0. The second-order valence-electron chi connectivity index (χ2n) is 8.15. The van der Waals surface area contributed by atoms with Gasteiger partial charge in [-0.15, -0.1) is 10.2 Å². The Morgan fingerprint density at radius 2 is 2.28 bits per heavy atom. The van der Waals surface area contributed by atoms with E-state index in [9.17, 15) is 0 Å². The van der Waals surface area contributed by atoms with Gasteiger partial charge < -0.3 is 14.5 Å². The van der Waals surface area contributed by atoms with Gasteiger partial charge in [0, 0.05) is 31.5 Å². The third kappa shape index (κ3) is 2.22. The van der Waals surface area contributed by atoms with Crippen LogP contribution in [0.2, 0.25) is 0 Å². The van der Waals surface area contributed by atoms with Crippen LogP contribution in [0.3, 0.4) is 0 Å². The number of aryl methyl sites for hydroxylation is 1. The highest BCUT2D eigenvalue weighted by Crippen LogP contribution is 2.55. The van der Waals surface area contributed by atoms with Crippen LogP contribution in [0.15, 0.2) is 12.4 Å². The molecule has 3 saturated heterocycles. The molecule has 0 unspecified atom stereocenters. The van der Waals surface area contributed by atoms with Gasteiger partial charge in [-0.2, -0.15) is 9.61 Å². The van der Waals surface area contributed by atoms with E-state index in [1.54, 1.807) is 6.33 Å². The molecule has 0 N–H and O–H groups in total. The summed E-state index contributed by atoms with van der Waals surface area (Å²) in [7, 11) is 4.34. The molecule has 25 heavy (non-hydrogen) atoms. The van der Waals surface area contributed by atoms with Crippen molar-refractivity contribution in [3.8, 4) is 0 Å². The molecule has 3 aliphatic heterocycles. The molecule has 3 fully saturated rings. The predicted molar refractivity (Wildman–Crippen MR) is 94.7 cm³/mol. The summed E-state index contributed by atoms with van der Waals surface area (Å²) in [6.45, 7) is 5.26. The molecular weight excluding hydrogens is 316 g/mol. The minimum atomic E-state index is 0.0397. The molecule has 0 radical (unpaired) electrons. The fraction of sp³-hybridized carbons (Fsp3) is 0.722. The van der Waals surface area contributed by atoms with Gasteiger partial charge in [0.05, 0.1) is 23.1 Å². The number of ether oxygens (including phenoxy) is 1. The molecule has 1 spiro atoms. The molecule has 2 aromatic heterocycles. The van der Waals surface area contributed by atoms with Gasteiger partial charge in [0.25, 0.3) is 0 Å². The van der Waals surface area contributed by atoms with E-state index in [-0.39, 0.29) is 5.60 Å². The number of anilines is 1. The van der Waals surface area contributed by atoms with Crippen molar-refractivity contribution in [2.75, 3.05) is 38.6 Å². The third-order valence-electron chi connectivity index (χ3n) is 6.36. The standard InChI is InChI=1S/C18H26N6O/c1-4-12-7-15(17-20-19-11-24(17)21-12)23-9-14-13(8-22(2)3)16-5-6-18(14,10-23)25-16/h7,11,13-14,16H,4-6,8-10H2,1-3H3/t13-,14+,16+,18+/m1/s1. The Bertz CT molecular complexity index is 804. The summed E-state index contributed by atoms with van der Waals surface area (Å²) in [5, 5.41) is 13.0. The summed E-state index contributed by atoms with van der Waals surface area (Å²) < 4.78 is 8.39. The molecule has 0 saturated carbocycles. The van der Waals surface area contributed by atoms with Crippen molar-refractivity contribution in [2.24, 2.45) is 11.8 Å². The van der Waals surface area contributed by atoms with Crippen molar-refractivity contribution in [1.82, 2.24) is 24.7 Å². The van der Waals surface area contributed by atoms with Gasteiger partial charge in [0.2, 0.25) is 5.65 Å². The summed E-state index contributed by atoms with van der Waals surface area (Å²) in [6.07, 6.45) is 5.46. The van der Waals surface area contributed by atoms with E-state index >= 15 is 0 Å². The average Bonchev–Trinajstić information content (AvgIpc) is 3.33. The first-order chi connectivity index (χ1) is 12.1. The highest BCUT2D eigenvalue weighted by Gasteiger charge is 2.63. The molecule has 134 valence electrons. The number of hydrogen-bond acceptors (Lipinski definition) is 6. The smallest absolute Gasteiger partial charge is 0.200 e. The quantitative estimate of drug-likeness (QED) is 0.833. The zero-order valence-corrected chi connectivity index (χ0v) is 15.2. The maximum atomic E-state index is 6.57. The maximum absolute atomic E-state index is 6.57. The van der Waals surface area contributed by atoms with E-state index < -0.39 is 0 Å². The van der Waals surface area contributed by atoms with Crippen LogP contribution in [0.4, 0.5) is 5.69 Å². The van der Waals surface area contributed by atoms with E-state index in [4.69, 9.17) is 4.74 Å². The molecule has 3 aliphatic rings. The minimum Gasteiger partial charge on any atom is -0.369 e. The first-order valence-electron chi connectivity index (χ1n) is 9.37. The zero-order chi connectivity index (χ0) is 17.2. The summed E-state index contributed by atoms with van der Waals surface area (Å²) in [6, 6.07) is 2.19. The lowest BCUT2D eigenvalue weighted by Crippen LogP contribution is -2.40. The van der Waals surface area contributed by atoms with Crippen LogP contribution in [0.5, 0.6) is 0 Å². The second kappa shape index (κ2) is 5.38. The Hall–Kier alpha value is -1.73. The lowest BCUT2D eigenvalue weighted by Gasteiger charge is -2.30. The number of rotatable bonds is 4. The molecule has 7 nitrogen and oxygen atoms in total. The summed E-state index contributed by atoms with van der Waals surface area (Å²) in [5.41, 5.74) is 3.13. The van der Waals surface area contributed by atoms with Crippen molar-refractivity contribution in [3.63, 3.8) is 0 Å². The Morgan fingerprint density at radius 1 is 1.40 bits per heavy atom. The molecular formula is C18H26N6O. The minimum absolute atomic E-state index is 0.0397. The lowest BCUT2D eigenvalue weighted by molar-refractivity contribution is 0.0137. The van der Waals surface area contributed by atoms with Gasteiger partial charge in [-0.05, 0) is 39.4 Å². The fourth-order valence-electron chi connectivity index (χ4n) is 5.31. The normalized spacial score (nSPS) is 33.8. The SMILES string of the molecule is CCc1cc(N2C[C@H]3[C@@H](CN(C)C)[C@@H]4CC[C@@]3(C2)O4)c2nncn2n1. The van der Waals surface area contributed by atoms with Crippen LogP contribution in [0.25, 0.3) is 5.65 Å².